The van der Waals surface area contributed by atoms with Crippen LogP contribution in [0.2, 0.25) is 0 Å². The number of furan rings is 1. The zero-order chi connectivity index (χ0) is 13.7. The second-order valence-corrected chi connectivity index (χ2v) is 4.68. The molecule has 1 aliphatic heterocycles. The van der Waals surface area contributed by atoms with Crippen LogP contribution in [0.5, 0.6) is 0 Å². The van der Waals surface area contributed by atoms with Crippen LogP contribution in [0.4, 0.5) is 0 Å². The highest BCUT2D eigenvalue weighted by atomic mass is 16.5. The van der Waals surface area contributed by atoms with Crippen LogP contribution in [-0.2, 0) is 9.47 Å². The first-order valence-electron chi connectivity index (χ1n) is 6.79. The summed E-state index contributed by atoms with van der Waals surface area (Å²) in [7, 11) is 1.34. The third kappa shape index (κ3) is 3.36. The van der Waals surface area contributed by atoms with Gasteiger partial charge in [0.25, 0.3) is 0 Å². The summed E-state index contributed by atoms with van der Waals surface area (Å²) in [6.45, 7) is 3.79. The molecule has 1 aliphatic rings. The number of carbonyl (C=O) groups is 1. The van der Waals surface area contributed by atoms with Crippen molar-refractivity contribution in [3.05, 3.63) is 23.7 Å². The summed E-state index contributed by atoms with van der Waals surface area (Å²) in [4.78, 5) is 11.4. The fourth-order valence-electron chi connectivity index (χ4n) is 2.31. The molecule has 2 atom stereocenters. The van der Waals surface area contributed by atoms with Gasteiger partial charge in [0.2, 0.25) is 5.76 Å². The van der Waals surface area contributed by atoms with Gasteiger partial charge in [-0.05, 0) is 37.9 Å². The van der Waals surface area contributed by atoms with E-state index in [-0.39, 0.29) is 17.9 Å². The Morgan fingerprint density at radius 3 is 3.05 bits per heavy atom. The highest BCUT2D eigenvalue weighted by molar-refractivity contribution is 5.86. The molecule has 0 aromatic carbocycles. The molecule has 5 nitrogen and oxygen atoms in total. The van der Waals surface area contributed by atoms with E-state index in [4.69, 9.17) is 9.15 Å². The summed E-state index contributed by atoms with van der Waals surface area (Å²) in [5.74, 6) is 0.521. The Balaban J connectivity index is 2.12. The highest BCUT2D eigenvalue weighted by Crippen LogP contribution is 2.28. The standard InChI is InChI=1S/C14H21NO4/c1-3-8-15-13(10-5-4-9-18-10)11-6-7-12(19-11)14(16)17-2/h6-7,10,13,15H,3-5,8-9H2,1-2H3. The second-order valence-electron chi connectivity index (χ2n) is 4.68. The maximum absolute atomic E-state index is 11.4. The van der Waals surface area contributed by atoms with E-state index >= 15 is 0 Å². The van der Waals surface area contributed by atoms with Gasteiger partial charge in [-0.15, -0.1) is 0 Å². The Morgan fingerprint density at radius 1 is 1.58 bits per heavy atom. The van der Waals surface area contributed by atoms with Crippen molar-refractivity contribution in [3.63, 3.8) is 0 Å². The van der Waals surface area contributed by atoms with Gasteiger partial charge in [0.05, 0.1) is 19.3 Å². The molecule has 106 valence electrons. The van der Waals surface area contributed by atoms with E-state index < -0.39 is 5.97 Å². The minimum Gasteiger partial charge on any atom is -0.463 e. The Labute approximate surface area is 113 Å². The minimum atomic E-state index is -0.451. The third-order valence-corrected chi connectivity index (χ3v) is 3.27. The van der Waals surface area contributed by atoms with Gasteiger partial charge in [0, 0.05) is 6.61 Å². The number of rotatable bonds is 6. The first kappa shape index (κ1) is 14.1. The van der Waals surface area contributed by atoms with Gasteiger partial charge in [-0.1, -0.05) is 6.92 Å². The quantitative estimate of drug-likeness (QED) is 0.801. The number of nitrogens with one attached hydrogen (secondary N) is 1. The number of methoxy groups -OCH3 is 1. The van der Waals surface area contributed by atoms with E-state index in [9.17, 15) is 4.79 Å². The number of carbonyl (C=O) groups excluding carboxylic acids is 1. The molecule has 0 aliphatic carbocycles. The molecule has 2 heterocycles. The van der Waals surface area contributed by atoms with E-state index in [1.54, 1.807) is 6.07 Å². The average molecular weight is 267 g/mol. The van der Waals surface area contributed by atoms with E-state index in [2.05, 4.69) is 17.0 Å². The van der Waals surface area contributed by atoms with Crippen LogP contribution in [0, 0.1) is 0 Å². The van der Waals surface area contributed by atoms with Crippen molar-refractivity contribution in [2.24, 2.45) is 0 Å². The smallest absolute Gasteiger partial charge is 0.373 e. The van der Waals surface area contributed by atoms with Gasteiger partial charge in [-0.2, -0.15) is 0 Å². The van der Waals surface area contributed by atoms with Gasteiger partial charge in [0.15, 0.2) is 0 Å². The molecule has 1 fully saturated rings. The molecule has 0 radical (unpaired) electrons. The Hall–Kier alpha value is -1.33. The molecule has 0 bridgehead atoms. The molecule has 1 aromatic rings. The topological polar surface area (TPSA) is 60.7 Å². The normalized spacial score (nSPS) is 20.4. The van der Waals surface area contributed by atoms with Crippen LogP contribution in [0.1, 0.15) is 48.5 Å². The van der Waals surface area contributed by atoms with Gasteiger partial charge in [-0.3, -0.25) is 0 Å². The lowest BCUT2D eigenvalue weighted by Gasteiger charge is -2.22. The Morgan fingerprint density at radius 2 is 2.42 bits per heavy atom. The van der Waals surface area contributed by atoms with Gasteiger partial charge < -0.3 is 19.2 Å². The van der Waals surface area contributed by atoms with Crippen molar-refractivity contribution in [2.45, 2.75) is 38.3 Å². The molecular formula is C14H21NO4. The first-order chi connectivity index (χ1) is 9.26. The van der Waals surface area contributed by atoms with Crippen molar-refractivity contribution in [2.75, 3.05) is 20.3 Å². The lowest BCUT2D eigenvalue weighted by atomic mass is 10.1. The lowest BCUT2D eigenvalue weighted by molar-refractivity contribution is 0.0540. The molecule has 0 saturated carbocycles. The lowest BCUT2D eigenvalue weighted by Crippen LogP contribution is -2.31. The second kappa shape index (κ2) is 6.73. The fourth-order valence-corrected chi connectivity index (χ4v) is 2.31. The van der Waals surface area contributed by atoms with E-state index in [0.29, 0.717) is 0 Å². The molecule has 5 heteroatoms. The summed E-state index contributed by atoms with van der Waals surface area (Å²) in [6.07, 6.45) is 3.23. The molecule has 1 aromatic heterocycles. The van der Waals surface area contributed by atoms with Crippen LogP contribution in [0.15, 0.2) is 16.5 Å². The van der Waals surface area contributed by atoms with Crippen LogP contribution in [-0.4, -0.2) is 32.3 Å². The van der Waals surface area contributed by atoms with Crippen LogP contribution >= 0.6 is 0 Å². The molecule has 2 rings (SSSR count). The summed E-state index contributed by atoms with van der Waals surface area (Å²) >= 11 is 0. The van der Waals surface area contributed by atoms with Crippen molar-refractivity contribution < 1.29 is 18.7 Å². The molecule has 1 saturated heterocycles. The third-order valence-electron chi connectivity index (χ3n) is 3.27. The molecular weight excluding hydrogens is 246 g/mol. The summed E-state index contributed by atoms with van der Waals surface area (Å²) in [6, 6.07) is 3.47. The summed E-state index contributed by atoms with van der Waals surface area (Å²) in [5, 5.41) is 3.43. The highest BCUT2D eigenvalue weighted by Gasteiger charge is 2.29. The fraction of sp³-hybridized carbons (Fsp3) is 0.643. The minimum absolute atomic E-state index is 0.000793. The van der Waals surface area contributed by atoms with E-state index in [1.165, 1.54) is 7.11 Å². The van der Waals surface area contributed by atoms with Crippen molar-refractivity contribution in [3.8, 4) is 0 Å². The monoisotopic (exact) mass is 267 g/mol. The summed E-state index contributed by atoms with van der Waals surface area (Å²) in [5.41, 5.74) is 0. The van der Waals surface area contributed by atoms with E-state index in [1.807, 2.05) is 6.07 Å². The SMILES string of the molecule is CCCNC(c1ccc(C(=O)OC)o1)C1CCCO1. The van der Waals surface area contributed by atoms with Crippen molar-refractivity contribution in [1.29, 1.82) is 0 Å². The predicted molar refractivity (Wildman–Crippen MR) is 70.1 cm³/mol. The van der Waals surface area contributed by atoms with Crippen LogP contribution in [0.3, 0.4) is 0 Å². The molecule has 0 spiro atoms. The number of hydrogen-bond donors (Lipinski definition) is 1. The molecule has 2 unspecified atom stereocenters. The zero-order valence-corrected chi connectivity index (χ0v) is 11.5. The maximum atomic E-state index is 11.4. The van der Waals surface area contributed by atoms with E-state index in [0.717, 1.165) is 38.2 Å². The van der Waals surface area contributed by atoms with Crippen LogP contribution in [0.25, 0.3) is 0 Å². The summed E-state index contributed by atoms with van der Waals surface area (Å²) < 4.78 is 16.0. The largest absolute Gasteiger partial charge is 0.463 e. The zero-order valence-electron chi connectivity index (χ0n) is 11.5. The van der Waals surface area contributed by atoms with Gasteiger partial charge in [-0.25, -0.2) is 4.79 Å². The maximum Gasteiger partial charge on any atom is 0.373 e. The van der Waals surface area contributed by atoms with Gasteiger partial charge >= 0.3 is 5.97 Å². The van der Waals surface area contributed by atoms with Crippen molar-refractivity contribution in [1.82, 2.24) is 5.32 Å². The number of ether oxygens (including phenoxy) is 2. The van der Waals surface area contributed by atoms with Gasteiger partial charge in [0.1, 0.15) is 5.76 Å². The Kier molecular flexibility index (Phi) is 4.99. The van der Waals surface area contributed by atoms with Crippen LogP contribution < -0.4 is 5.32 Å². The number of esters is 1. The molecule has 0 amide bonds. The first-order valence-corrected chi connectivity index (χ1v) is 6.79. The number of hydrogen-bond acceptors (Lipinski definition) is 5. The predicted octanol–water partition coefficient (Wildman–Crippen LogP) is 2.29. The molecule has 19 heavy (non-hydrogen) atoms. The molecule has 1 N–H and O–H groups in total. The van der Waals surface area contributed by atoms with Crippen molar-refractivity contribution >= 4 is 5.97 Å². The Bertz CT molecular complexity index is 409. The average Bonchev–Trinajstić information content (AvgIpc) is 3.09.